The molecule has 1 heterocycles. The molecule has 0 spiro atoms. The monoisotopic (exact) mass is 336 g/mol. The van der Waals surface area contributed by atoms with Crippen molar-refractivity contribution in [3.05, 3.63) is 65.7 Å². The second-order valence-electron chi connectivity index (χ2n) is 6.94. The number of rotatable bonds is 5. The van der Waals surface area contributed by atoms with Crippen LogP contribution < -0.4 is 5.32 Å². The number of hydrogen-bond donors (Lipinski definition) is 1. The Morgan fingerprint density at radius 1 is 1.08 bits per heavy atom. The largest absolute Gasteiger partial charge is 0.379 e. The van der Waals surface area contributed by atoms with Gasteiger partial charge in [0.25, 0.3) is 0 Å². The predicted molar refractivity (Wildman–Crippen MR) is 98.5 cm³/mol. The van der Waals surface area contributed by atoms with Gasteiger partial charge < -0.3 is 10.1 Å². The molecule has 2 atom stereocenters. The Morgan fingerprint density at radius 3 is 2.68 bits per heavy atom. The normalized spacial score (nSPS) is 23.2. The second kappa shape index (κ2) is 7.38. The maximum Gasteiger partial charge on any atom is 0.228 e. The van der Waals surface area contributed by atoms with Crippen LogP contribution in [0.15, 0.2) is 54.6 Å². The molecule has 4 nitrogen and oxygen atoms in total. The summed E-state index contributed by atoms with van der Waals surface area (Å²) in [4.78, 5) is 14.9. The van der Waals surface area contributed by atoms with Crippen LogP contribution in [0.4, 0.5) is 5.69 Å². The average Bonchev–Trinajstić information content (AvgIpc) is 3.45. The third-order valence-electron chi connectivity index (χ3n) is 5.06. The zero-order valence-corrected chi connectivity index (χ0v) is 14.4. The summed E-state index contributed by atoms with van der Waals surface area (Å²) in [6, 6.07) is 18.5. The molecule has 1 aliphatic carbocycles. The molecule has 0 bridgehead atoms. The molecular formula is C21H24N2O2. The Hall–Kier alpha value is -2.17. The second-order valence-corrected chi connectivity index (χ2v) is 6.94. The van der Waals surface area contributed by atoms with E-state index < -0.39 is 0 Å². The van der Waals surface area contributed by atoms with Crippen molar-refractivity contribution in [3.8, 4) is 0 Å². The first-order valence-electron chi connectivity index (χ1n) is 9.04. The van der Waals surface area contributed by atoms with Crippen LogP contribution in [0.25, 0.3) is 0 Å². The van der Waals surface area contributed by atoms with Gasteiger partial charge >= 0.3 is 0 Å². The number of nitrogens with zero attached hydrogens (tertiary/aromatic N) is 1. The number of morpholine rings is 1. The van der Waals surface area contributed by atoms with Gasteiger partial charge in [0.1, 0.15) is 0 Å². The fourth-order valence-corrected chi connectivity index (χ4v) is 3.55. The van der Waals surface area contributed by atoms with Crippen LogP contribution in [0.2, 0.25) is 0 Å². The molecule has 1 aliphatic heterocycles. The van der Waals surface area contributed by atoms with Crippen molar-refractivity contribution in [1.82, 2.24) is 4.90 Å². The van der Waals surface area contributed by atoms with Crippen LogP contribution in [0.1, 0.15) is 23.5 Å². The summed E-state index contributed by atoms with van der Waals surface area (Å²) in [6.07, 6.45) is 0.948. The summed E-state index contributed by atoms with van der Waals surface area (Å²) < 4.78 is 5.39. The van der Waals surface area contributed by atoms with Crippen LogP contribution in [-0.2, 0) is 16.1 Å². The molecule has 2 aliphatic rings. The van der Waals surface area contributed by atoms with Gasteiger partial charge in [0.15, 0.2) is 0 Å². The number of amides is 1. The number of nitrogens with one attached hydrogen (secondary N) is 1. The number of hydrogen-bond acceptors (Lipinski definition) is 3. The van der Waals surface area contributed by atoms with Gasteiger partial charge in [0.05, 0.1) is 13.2 Å². The van der Waals surface area contributed by atoms with E-state index in [-0.39, 0.29) is 11.8 Å². The SMILES string of the molecule is O=C(Nc1cccc(CN2CCOCC2)c1)[C@@H]1C[C@H]1c1ccccc1. The first-order valence-corrected chi connectivity index (χ1v) is 9.04. The lowest BCUT2D eigenvalue weighted by atomic mass is 10.1. The third kappa shape index (κ3) is 4.09. The zero-order valence-electron chi connectivity index (χ0n) is 14.4. The molecule has 0 radical (unpaired) electrons. The lowest BCUT2D eigenvalue weighted by Crippen LogP contribution is -2.35. The van der Waals surface area contributed by atoms with E-state index in [1.54, 1.807) is 0 Å². The van der Waals surface area contributed by atoms with E-state index in [4.69, 9.17) is 4.74 Å². The van der Waals surface area contributed by atoms with Crippen LogP contribution in [-0.4, -0.2) is 37.1 Å². The van der Waals surface area contributed by atoms with Crippen molar-refractivity contribution in [1.29, 1.82) is 0 Å². The standard InChI is InChI=1S/C21H24N2O2/c24-21(20-14-19(20)17-6-2-1-3-7-17)22-18-8-4-5-16(13-18)15-23-9-11-25-12-10-23/h1-8,13,19-20H,9-12,14-15H2,(H,22,24)/t19-,20+/m0/s1. The van der Waals surface area contributed by atoms with Gasteiger partial charge in [-0.05, 0) is 35.6 Å². The molecule has 0 aromatic heterocycles. The van der Waals surface area contributed by atoms with Crippen LogP contribution in [0.5, 0.6) is 0 Å². The highest BCUT2D eigenvalue weighted by atomic mass is 16.5. The van der Waals surface area contributed by atoms with E-state index in [0.29, 0.717) is 5.92 Å². The average molecular weight is 336 g/mol. The molecule has 25 heavy (non-hydrogen) atoms. The fourth-order valence-electron chi connectivity index (χ4n) is 3.55. The molecule has 4 rings (SSSR count). The maximum absolute atomic E-state index is 12.5. The Bertz CT molecular complexity index is 726. The predicted octanol–water partition coefficient (Wildman–Crippen LogP) is 3.26. The van der Waals surface area contributed by atoms with Gasteiger partial charge in [-0.3, -0.25) is 9.69 Å². The zero-order chi connectivity index (χ0) is 17.1. The van der Waals surface area contributed by atoms with E-state index >= 15 is 0 Å². The van der Waals surface area contributed by atoms with Crippen molar-refractivity contribution >= 4 is 11.6 Å². The Morgan fingerprint density at radius 2 is 1.88 bits per heavy atom. The van der Waals surface area contributed by atoms with Crippen molar-refractivity contribution < 1.29 is 9.53 Å². The summed E-state index contributed by atoms with van der Waals surface area (Å²) in [5.41, 5.74) is 3.40. The minimum absolute atomic E-state index is 0.102. The number of benzene rings is 2. The first kappa shape index (κ1) is 16.3. The molecule has 4 heteroatoms. The minimum atomic E-state index is 0.102. The maximum atomic E-state index is 12.5. The molecule has 1 saturated heterocycles. The molecule has 1 N–H and O–H groups in total. The summed E-state index contributed by atoms with van der Waals surface area (Å²) in [7, 11) is 0. The van der Waals surface area contributed by atoms with E-state index in [9.17, 15) is 4.79 Å². The number of carbonyl (C=O) groups is 1. The molecule has 130 valence electrons. The lowest BCUT2D eigenvalue weighted by Gasteiger charge is -2.26. The molecular weight excluding hydrogens is 312 g/mol. The van der Waals surface area contributed by atoms with E-state index in [0.717, 1.165) is 45.0 Å². The van der Waals surface area contributed by atoms with Crippen LogP contribution in [0.3, 0.4) is 0 Å². The summed E-state index contributed by atoms with van der Waals surface area (Å²) in [5.74, 6) is 0.611. The van der Waals surface area contributed by atoms with Gasteiger partial charge in [-0.25, -0.2) is 0 Å². The quantitative estimate of drug-likeness (QED) is 0.911. The van der Waals surface area contributed by atoms with Gasteiger partial charge in [0.2, 0.25) is 5.91 Å². The molecule has 2 aromatic rings. The Kier molecular flexibility index (Phi) is 4.81. The number of carbonyl (C=O) groups excluding carboxylic acids is 1. The van der Waals surface area contributed by atoms with Crippen LogP contribution in [0, 0.1) is 5.92 Å². The first-order chi connectivity index (χ1) is 12.3. The molecule has 2 fully saturated rings. The van der Waals surface area contributed by atoms with Crippen molar-refractivity contribution in [2.24, 2.45) is 5.92 Å². The Balaban J connectivity index is 1.35. The smallest absolute Gasteiger partial charge is 0.228 e. The van der Waals surface area contributed by atoms with Crippen molar-refractivity contribution in [2.75, 3.05) is 31.6 Å². The van der Waals surface area contributed by atoms with Gasteiger partial charge in [-0.15, -0.1) is 0 Å². The minimum Gasteiger partial charge on any atom is -0.379 e. The topological polar surface area (TPSA) is 41.6 Å². The van der Waals surface area contributed by atoms with Crippen LogP contribution >= 0.6 is 0 Å². The van der Waals surface area contributed by atoms with Crippen molar-refractivity contribution in [2.45, 2.75) is 18.9 Å². The molecule has 2 aromatic carbocycles. The highest BCUT2D eigenvalue weighted by molar-refractivity contribution is 5.95. The summed E-state index contributed by atoms with van der Waals surface area (Å²) >= 11 is 0. The summed E-state index contributed by atoms with van der Waals surface area (Å²) in [5, 5.41) is 3.10. The number of anilines is 1. The van der Waals surface area contributed by atoms with E-state index in [1.165, 1.54) is 11.1 Å². The van der Waals surface area contributed by atoms with Gasteiger partial charge in [-0.1, -0.05) is 42.5 Å². The highest BCUT2D eigenvalue weighted by Crippen LogP contribution is 2.47. The van der Waals surface area contributed by atoms with Crippen molar-refractivity contribution in [3.63, 3.8) is 0 Å². The molecule has 1 amide bonds. The molecule has 0 unspecified atom stereocenters. The lowest BCUT2D eigenvalue weighted by molar-refractivity contribution is -0.117. The van der Waals surface area contributed by atoms with Gasteiger partial charge in [-0.2, -0.15) is 0 Å². The highest BCUT2D eigenvalue weighted by Gasteiger charge is 2.43. The molecule has 1 saturated carbocycles. The fraction of sp³-hybridized carbons (Fsp3) is 0.381. The van der Waals surface area contributed by atoms with E-state index in [2.05, 4.69) is 34.5 Å². The third-order valence-corrected chi connectivity index (χ3v) is 5.06. The van der Waals surface area contributed by atoms with Gasteiger partial charge in [0, 0.05) is 31.2 Å². The Labute approximate surface area is 148 Å². The van der Waals surface area contributed by atoms with E-state index in [1.807, 2.05) is 30.3 Å². The number of ether oxygens (including phenoxy) is 1. The summed E-state index contributed by atoms with van der Waals surface area (Å²) in [6.45, 7) is 4.45.